The second-order valence-corrected chi connectivity index (χ2v) is 8.66. The molecule has 1 aliphatic heterocycles. The molecule has 0 bridgehead atoms. The Bertz CT molecular complexity index is 1130. The minimum Gasteiger partial charge on any atom is -0.291 e. The smallest absolute Gasteiger partial charge is 0.273 e. The molecule has 0 saturated carbocycles. The lowest BCUT2D eigenvalue weighted by molar-refractivity contribution is -0.384. The molecule has 10 heteroatoms. The van der Waals surface area contributed by atoms with Gasteiger partial charge in [0.1, 0.15) is 6.54 Å². The molecule has 32 heavy (non-hydrogen) atoms. The van der Waals surface area contributed by atoms with Gasteiger partial charge in [0.15, 0.2) is 5.78 Å². The van der Waals surface area contributed by atoms with Gasteiger partial charge in [0.2, 0.25) is 0 Å². The third-order valence-corrected chi connectivity index (χ3v) is 6.65. The summed E-state index contributed by atoms with van der Waals surface area (Å²) >= 11 is 1.19. The highest BCUT2D eigenvalue weighted by Gasteiger charge is 2.53. The van der Waals surface area contributed by atoms with Crippen molar-refractivity contribution >= 4 is 40.5 Å². The van der Waals surface area contributed by atoms with Crippen molar-refractivity contribution in [2.75, 3.05) is 6.54 Å². The first-order valence-corrected chi connectivity index (χ1v) is 10.8. The lowest BCUT2D eigenvalue weighted by Crippen LogP contribution is -2.52. The number of carbonyl (C=O) groups excluding carboxylic acids is 4. The van der Waals surface area contributed by atoms with Gasteiger partial charge in [0.05, 0.1) is 21.6 Å². The Morgan fingerprint density at radius 2 is 1.91 bits per heavy atom. The molecule has 1 fully saturated rings. The first-order valence-electron chi connectivity index (χ1n) is 9.97. The number of allylic oxidation sites excluding steroid dienone is 2. The molecule has 1 aliphatic carbocycles. The van der Waals surface area contributed by atoms with E-state index in [0.29, 0.717) is 11.3 Å². The van der Waals surface area contributed by atoms with Crippen molar-refractivity contribution in [3.8, 4) is 0 Å². The number of ketones is 1. The topological polar surface area (TPSA) is 118 Å². The van der Waals surface area contributed by atoms with Gasteiger partial charge >= 0.3 is 0 Å². The number of nitro groups is 1. The van der Waals surface area contributed by atoms with Gasteiger partial charge in [-0.1, -0.05) is 25.1 Å². The molecule has 0 N–H and O–H groups in total. The lowest BCUT2D eigenvalue weighted by Gasteiger charge is -2.30. The molecule has 4 rings (SSSR count). The molecule has 0 radical (unpaired) electrons. The number of hydrogen-bond donors (Lipinski definition) is 0. The van der Waals surface area contributed by atoms with Gasteiger partial charge < -0.3 is 0 Å². The molecule has 1 aromatic heterocycles. The first kappa shape index (κ1) is 21.6. The van der Waals surface area contributed by atoms with Crippen molar-refractivity contribution in [3.63, 3.8) is 0 Å². The van der Waals surface area contributed by atoms with E-state index in [1.807, 2.05) is 19.1 Å². The normalized spacial score (nSPS) is 22.0. The van der Waals surface area contributed by atoms with Crippen LogP contribution in [0.3, 0.4) is 0 Å². The fourth-order valence-corrected chi connectivity index (χ4v) is 4.78. The number of benzene rings is 1. The number of non-ortho nitro benzene ring substituents is 1. The minimum absolute atomic E-state index is 0.0243. The Hall–Kier alpha value is -3.66. The van der Waals surface area contributed by atoms with Crippen LogP contribution in [0.15, 0.2) is 53.9 Å². The third kappa shape index (κ3) is 3.73. The molecule has 0 unspecified atom stereocenters. The van der Waals surface area contributed by atoms with E-state index in [0.717, 1.165) is 22.2 Å². The van der Waals surface area contributed by atoms with Crippen LogP contribution in [0.4, 0.5) is 5.69 Å². The van der Waals surface area contributed by atoms with Crippen LogP contribution in [0.25, 0.3) is 0 Å². The number of hydrogen-bond acceptors (Lipinski definition) is 7. The first-order chi connectivity index (χ1) is 15.3. The van der Waals surface area contributed by atoms with Crippen molar-refractivity contribution in [2.24, 2.45) is 17.8 Å². The molecule has 164 valence electrons. The predicted octanol–water partition coefficient (Wildman–Crippen LogP) is 3.09. The van der Waals surface area contributed by atoms with Crippen molar-refractivity contribution in [1.82, 2.24) is 10.0 Å². The number of Topliss-reactive ketones (excluding diaryl/α,β-unsaturated/α-hetero) is 1. The Kier molecular flexibility index (Phi) is 5.70. The van der Waals surface area contributed by atoms with E-state index < -0.39 is 46.8 Å². The van der Waals surface area contributed by atoms with Gasteiger partial charge in [-0.05, 0) is 35.9 Å². The maximum Gasteiger partial charge on any atom is 0.273 e. The van der Waals surface area contributed by atoms with E-state index >= 15 is 0 Å². The zero-order chi connectivity index (χ0) is 23.0. The Balaban J connectivity index is 1.70. The van der Waals surface area contributed by atoms with Gasteiger partial charge in [-0.3, -0.25) is 29.3 Å². The fraction of sp³-hybridized carbons (Fsp3) is 0.273. The molecule has 2 heterocycles. The summed E-state index contributed by atoms with van der Waals surface area (Å²) in [6.45, 7) is 1.33. The number of nitrogens with zero attached hydrogens (tertiary/aromatic N) is 3. The lowest BCUT2D eigenvalue weighted by atomic mass is 9.78. The maximum absolute atomic E-state index is 13.3. The van der Waals surface area contributed by atoms with E-state index in [-0.39, 0.29) is 17.2 Å². The standard InChI is InChI=1S/C22H19N3O6S/c1-13-4-2-5-16-19(13)22(29)24(21(16)28)23(12-17(26)18-6-3-11-32-18)20(27)14-7-9-15(10-8-14)25(30)31/h2-4,6-11,13,16,19H,5,12H2,1H3/t13-,16-,19+/m1/s1. The number of imide groups is 1. The van der Waals surface area contributed by atoms with E-state index in [9.17, 15) is 29.3 Å². The second kappa shape index (κ2) is 8.46. The second-order valence-electron chi connectivity index (χ2n) is 7.71. The molecule has 0 spiro atoms. The molecule has 1 aromatic carbocycles. The van der Waals surface area contributed by atoms with E-state index in [4.69, 9.17) is 0 Å². The highest BCUT2D eigenvalue weighted by atomic mass is 32.1. The van der Waals surface area contributed by atoms with Crippen molar-refractivity contribution in [3.05, 3.63) is 74.5 Å². The number of amides is 3. The molecule has 1 saturated heterocycles. The zero-order valence-corrected chi connectivity index (χ0v) is 17.9. The van der Waals surface area contributed by atoms with Crippen molar-refractivity contribution in [2.45, 2.75) is 13.3 Å². The average molecular weight is 453 g/mol. The Morgan fingerprint density at radius 1 is 1.19 bits per heavy atom. The zero-order valence-electron chi connectivity index (χ0n) is 17.0. The molecule has 3 amide bonds. The summed E-state index contributed by atoms with van der Waals surface area (Å²) in [6.07, 6.45) is 4.10. The predicted molar refractivity (Wildman–Crippen MR) is 115 cm³/mol. The van der Waals surface area contributed by atoms with Gasteiger partial charge in [-0.2, -0.15) is 5.01 Å². The van der Waals surface area contributed by atoms with Crippen LogP contribution in [0, 0.1) is 27.9 Å². The highest BCUT2D eigenvalue weighted by Crippen LogP contribution is 2.39. The Labute approximate surface area is 187 Å². The molecule has 2 aliphatic rings. The van der Waals surface area contributed by atoms with Crippen LogP contribution in [0.5, 0.6) is 0 Å². The quantitative estimate of drug-likeness (QED) is 0.218. The monoisotopic (exact) mass is 453 g/mol. The summed E-state index contributed by atoms with van der Waals surface area (Å²) in [5.74, 6) is -3.60. The number of thiophene rings is 1. The largest absolute Gasteiger partial charge is 0.291 e. The number of carbonyl (C=O) groups is 4. The summed E-state index contributed by atoms with van der Waals surface area (Å²) in [5, 5.41) is 14.3. The van der Waals surface area contributed by atoms with Gasteiger partial charge in [0, 0.05) is 17.7 Å². The number of rotatable bonds is 6. The SMILES string of the molecule is C[C@@H]1C=CC[C@H]2C(=O)N(N(CC(=O)c3cccs3)C(=O)c3ccc([N+](=O)[O-])cc3)C(=O)[C@@H]12. The third-order valence-electron chi connectivity index (χ3n) is 5.74. The average Bonchev–Trinajstić information content (AvgIpc) is 3.40. The number of hydrazine groups is 1. The number of fused-ring (bicyclic) bond motifs is 1. The van der Waals surface area contributed by atoms with Crippen molar-refractivity contribution in [1.29, 1.82) is 0 Å². The molecule has 9 nitrogen and oxygen atoms in total. The van der Waals surface area contributed by atoms with E-state index in [1.165, 1.54) is 23.5 Å². The molecule has 3 atom stereocenters. The van der Waals surface area contributed by atoms with Gasteiger partial charge in [-0.15, -0.1) is 11.3 Å². The van der Waals surface area contributed by atoms with E-state index in [1.54, 1.807) is 17.5 Å². The van der Waals surface area contributed by atoms with Gasteiger partial charge in [-0.25, -0.2) is 5.01 Å². The fourth-order valence-electron chi connectivity index (χ4n) is 4.13. The van der Waals surface area contributed by atoms with E-state index in [2.05, 4.69) is 0 Å². The summed E-state index contributed by atoms with van der Waals surface area (Å²) in [5.41, 5.74) is -0.182. The summed E-state index contributed by atoms with van der Waals surface area (Å²) in [7, 11) is 0. The van der Waals surface area contributed by atoms with Crippen LogP contribution in [0.2, 0.25) is 0 Å². The Morgan fingerprint density at radius 3 is 2.50 bits per heavy atom. The van der Waals surface area contributed by atoms with Crippen LogP contribution < -0.4 is 0 Å². The number of nitro benzene ring substituents is 1. The van der Waals surface area contributed by atoms with Crippen LogP contribution in [-0.4, -0.2) is 45.0 Å². The molecular formula is C22H19N3O6S. The summed E-state index contributed by atoms with van der Waals surface area (Å²) in [4.78, 5) is 63.3. The maximum atomic E-state index is 13.3. The summed E-state index contributed by atoms with van der Waals surface area (Å²) < 4.78 is 0. The minimum atomic E-state index is -0.759. The summed E-state index contributed by atoms with van der Waals surface area (Å²) in [6, 6.07) is 8.09. The van der Waals surface area contributed by atoms with Crippen LogP contribution in [0.1, 0.15) is 33.4 Å². The van der Waals surface area contributed by atoms with Crippen LogP contribution >= 0.6 is 11.3 Å². The molecule has 2 aromatic rings. The van der Waals surface area contributed by atoms with Crippen molar-refractivity contribution < 1.29 is 24.1 Å². The highest BCUT2D eigenvalue weighted by molar-refractivity contribution is 7.12. The molecular weight excluding hydrogens is 434 g/mol. The van der Waals surface area contributed by atoms with Crippen LogP contribution in [-0.2, 0) is 9.59 Å². The van der Waals surface area contributed by atoms with Gasteiger partial charge in [0.25, 0.3) is 23.4 Å².